The van der Waals surface area contributed by atoms with Crippen LogP contribution in [-0.2, 0) is 21.3 Å². The normalized spacial score (nSPS) is 24.5. The van der Waals surface area contributed by atoms with Gasteiger partial charge in [-0.2, -0.15) is 4.98 Å². The predicted molar refractivity (Wildman–Crippen MR) is 324 cm³/mol. The zero-order valence-electron chi connectivity index (χ0n) is 49.0. The first kappa shape index (κ1) is 57.1. The van der Waals surface area contributed by atoms with Crippen LogP contribution >= 0.6 is 0 Å². The maximum atomic E-state index is 14.9. The number of anilines is 4. The highest BCUT2D eigenvalue weighted by Crippen LogP contribution is 2.54. The van der Waals surface area contributed by atoms with Gasteiger partial charge >= 0.3 is 0 Å². The summed E-state index contributed by atoms with van der Waals surface area (Å²) in [6.07, 6.45) is 13.3. The number of sulfonamides is 1. The zero-order valence-corrected chi connectivity index (χ0v) is 49.8. The number of para-hydroxylation sites is 1. The van der Waals surface area contributed by atoms with Gasteiger partial charge in [-0.05, 0) is 169 Å². The second-order valence-electron chi connectivity index (χ2n) is 25.5. The summed E-state index contributed by atoms with van der Waals surface area (Å²) in [4.78, 5) is 48.9. The van der Waals surface area contributed by atoms with Crippen LogP contribution in [0, 0.1) is 21.4 Å². The lowest BCUT2D eigenvalue weighted by atomic mass is 9.59. The number of H-pyrrole nitrogens is 1. The van der Waals surface area contributed by atoms with Crippen LogP contribution in [0.25, 0.3) is 11.0 Å². The van der Waals surface area contributed by atoms with Crippen molar-refractivity contribution in [3.05, 3.63) is 124 Å². The first-order valence-electron chi connectivity index (χ1n) is 30.5. The minimum absolute atomic E-state index is 0.0399. The van der Waals surface area contributed by atoms with Gasteiger partial charge in [-0.1, -0.05) is 18.2 Å². The van der Waals surface area contributed by atoms with Crippen LogP contribution in [0.3, 0.4) is 0 Å². The number of benzene rings is 3. The number of amides is 1. The highest BCUT2D eigenvalue weighted by atomic mass is 32.2. The number of ether oxygens (including phenoxy) is 4. The molecule has 4 aliphatic heterocycles. The van der Waals surface area contributed by atoms with Crippen LogP contribution in [0.15, 0.2) is 96.2 Å². The van der Waals surface area contributed by atoms with Gasteiger partial charge in [0.25, 0.3) is 21.6 Å². The highest BCUT2D eigenvalue weighted by molar-refractivity contribution is 7.90. The number of aromatic nitrogens is 3. The van der Waals surface area contributed by atoms with Crippen LogP contribution in [-0.4, -0.2) is 139 Å². The van der Waals surface area contributed by atoms with Crippen molar-refractivity contribution in [2.24, 2.45) is 11.3 Å². The number of nitrogens with one attached hydrogen (secondary N) is 3. The van der Waals surface area contributed by atoms with Gasteiger partial charge in [0.05, 0.1) is 58.6 Å². The number of piperazine rings is 1. The van der Waals surface area contributed by atoms with Gasteiger partial charge in [0, 0.05) is 99.1 Å². The number of carbonyl (C=O) groups excluding carboxylic acids is 1. The number of hydrogen-bond donors (Lipinski definition) is 4. The van der Waals surface area contributed by atoms with E-state index in [9.17, 15) is 28.4 Å². The van der Waals surface area contributed by atoms with Crippen LogP contribution in [0.1, 0.15) is 130 Å². The molecule has 3 aromatic carbocycles. The summed E-state index contributed by atoms with van der Waals surface area (Å²) in [5, 5.41) is 26.9. The van der Waals surface area contributed by atoms with Crippen molar-refractivity contribution in [3.8, 4) is 17.5 Å². The maximum absolute atomic E-state index is 14.9. The molecule has 1 spiro atoms. The van der Waals surface area contributed by atoms with Crippen molar-refractivity contribution in [2.75, 3.05) is 74.7 Å². The summed E-state index contributed by atoms with van der Waals surface area (Å²) in [6, 6.07) is 24.3. The first-order valence-corrected chi connectivity index (χ1v) is 32.0. The Kier molecular flexibility index (Phi) is 15.4. The maximum Gasteiger partial charge on any atom is 0.293 e. The summed E-state index contributed by atoms with van der Waals surface area (Å²) >= 11 is 0. The molecule has 7 heterocycles. The molecule has 3 aliphatic carbocycles. The zero-order chi connectivity index (χ0) is 58.8. The fourth-order valence-electron chi connectivity index (χ4n) is 14.4. The van der Waals surface area contributed by atoms with Gasteiger partial charge < -0.3 is 44.2 Å². The van der Waals surface area contributed by atoms with E-state index in [0.29, 0.717) is 73.9 Å². The summed E-state index contributed by atoms with van der Waals surface area (Å²) in [5.41, 5.74) is 5.64. The molecule has 450 valence electrons. The number of rotatable bonds is 17. The second-order valence-corrected chi connectivity index (χ2v) is 27.2. The molecule has 4 N–H and O–H groups in total. The first-order chi connectivity index (χ1) is 41.0. The number of hydrogen-bond acceptors (Lipinski definition) is 17. The van der Waals surface area contributed by atoms with Gasteiger partial charge in [-0.25, -0.2) is 18.1 Å². The van der Waals surface area contributed by atoms with Gasteiger partial charge in [0.2, 0.25) is 11.8 Å². The lowest BCUT2D eigenvalue weighted by Gasteiger charge is -2.58. The largest absolute Gasteiger partial charge is 0.491 e. The Morgan fingerprint density at radius 2 is 1.74 bits per heavy atom. The van der Waals surface area contributed by atoms with Crippen LogP contribution < -0.4 is 34.0 Å². The average Bonchev–Trinajstić information content (AvgIpc) is 1.57. The van der Waals surface area contributed by atoms with E-state index in [1.54, 1.807) is 13.2 Å². The second kappa shape index (κ2) is 23.0. The number of methoxy groups -OCH3 is 1. The van der Waals surface area contributed by atoms with Crippen LogP contribution in [0.2, 0.25) is 0 Å². The van der Waals surface area contributed by atoms with E-state index < -0.39 is 43.1 Å². The molecule has 85 heavy (non-hydrogen) atoms. The standard InChI is InChI=1S/C64H78N10O10S/c1-40(2)83-57-8-6-5-7-48(57)56-38-70(37-42-29-50(43-9-10-43)61(81-4)67-36-42)26-27-72(56)46-33-64(34-46)21-24-71(25-22-64)45-11-13-49(53(31-45)73-52-18-28-82-39-58(52)84-62-55(73)30-44-17-23-65-59(44)68-62)60(75)69-85(79,80)47-12-14-51(54(32-47)74(77)78)66-35-41-15-19-63(3,76)20-16-41/h5-8,11-14,17,23,29-32,36,40-41,43,46,52,56,58,66,76H,9-10,15-16,18-22,24-28,33-35,37-39H2,1-4H3,(H,65,68)(H,69,75)/t41?,52-,56+,58-,63?/m0/s1. The molecule has 3 saturated heterocycles. The molecule has 21 heteroatoms. The molecule has 6 fully saturated rings. The summed E-state index contributed by atoms with van der Waals surface area (Å²) in [5.74, 6) is 1.88. The fraction of sp³-hybridized carbons (Fsp3) is 0.516. The number of carbonyl (C=O) groups is 1. The monoisotopic (exact) mass is 1180 g/mol. The molecule has 1 amide bonds. The van der Waals surface area contributed by atoms with E-state index in [2.05, 4.69) is 78.8 Å². The van der Waals surface area contributed by atoms with Gasteiger partial charge in [-0.15, -0.1) is 0 Å². The number of aliphatic hydroxyl groups is 1. The van der Waals surface area contributed by atoms with E-state index in [4.69, 9.17) is 28.9 Å². The van der Waals surface area contributed by atoms with Crippen LogP contribution in [0.4, 0.5) is 28.4 Å². The molecule has 7 aliphatic rings. The predicted octanol–water partition coefficient (Wildman–Crippen LogP) is 10.0. The quantitative estimate of drug-likeness (QED) is 0.0492. The Labute approximate surface area is 496 Å². The Hall–Kier alpha value is -7.04. The van der Waals surface area contributed by atoms with Crippen molar-refractivity contribution in [3.63, 3.8) is 0 Å². The van der Waals surface area contributed by atoms with Gasteiger partial charge in [-0.3, -0.25) is 24.7 Å². The van der Waals surface area contributed by atoms with Gasteiger partial charge in [0.1, 0.15) is 28.9 Å². The molecule has 0 unspecified atom stereocenters. The summed E-state index contributed by atoms with van der Waals surface area (Å²) in [7, 11) is -2.94. The Balaban J connectivity index is 0.752. The molecule has 3 saturated carbocycles. The Bertz CT molecular complexity index is 3580. The topological polar surface area (TPSA) is 230 Å². The fourth-order valence-corrected chi connectivity index (χ4v) is 15.4. The Morgan fingerprint density at radius 3 is 2.51 bits per heavy atom. The van der Waals surface area contributed by atoms with Crippen LogP contribution in [0.5, 0.6) is 17.5 Å². The van der Waals surface area contributed by atoms with Crippen molar-refractivity contribution in [1.29, 1.82) is 0 Å². The molecular formula is C64H78N10O10S. The SMILES string of the molecule is COc1ncc(CN2CCN(C3CC4(CCN(c5ccc(C(=O)NS(=O)(=O)c6ccc(NCC7CCC(C)(O)CC7)c([N+](=O)[O-])c6)c(N6c7cc8cc[nH]c8nc7O[C@H]7COCC[C@@H]76)c5)CC4)C3)[C@@H](c3ccccc3OC(C)C)C2)cc1C1CC1. The molecule has 6 aromatic rings. The number of nitro benzene ring substituents is 1. The number of nitrogens with zero attached hydrogens (tertiary/aromatic N) is 7. The molecule has 3 aromatic heterocycles. The van der Waals surface area contributed by atoms with Crippen molar-refractivity contribution >= 4 is 55.4 Å². The summed E-state index contributed by atoms with van der Waals surface area (Å²) < 4.78 is 55.6. The number of pyridine rings is 2. The molecule has 13 rings (SSSR count). The van der Waals surface area contributed by atoms with Gasteiger partial charge in [0.15, 0.2) is 0 Å². The third kappa shape index (κ3) is 11.7. The van der Waals surface area contributed by atoms with E-state index >= 15 is 0 Å². The third-order valence-electron chi connectivity index (χ3n) is 19.3. The Morgan fingerprint density at radius 1 is 0.941 bits per heavy atom. The molecule has 20 nitrogen and oxygen atoms in total. The average molecular weight is 1180 g/mol. The molecule has 0 bridgehead atoms. The van der Waals surface area contributed by atoms with Crippen molar-refractivity contribution < 1.29 is 42.2 Å². The van der Waals surface area contributed by atoms with E-state index in [0.717, 1.165) is 107 Å². The smallest absolute Gasteiger partial charge is 0.293 e. The van der Waals surface area contributed by atoms with E-state index in [1.165, 1.54) is 41.7 Å². The minimum Gasteiger partial charge on any atom is -0.491 e. The minimum atomic E-state index is -4.65. The van der Waals surface area contributed by atoms with E-state index in [1.807, 2.05) is 43.6 Å². The lowest BCUT2D eigenvalue weighted by Crippen LogP contribution is -2.59. The highest BCUT2D eigenvalue weighted by Gasteiger charge is 2.51. The molecule has 0 radical (unpaired) electrons. The number of piperidine rings is 1. The lowest BCUT2D eigenvalue weighted by molar-refractivity contribution is -0.384. The summed E-state index contributed by atoms with van der Waals surface area (Å²) in [6.45, 7) is 12.3. The van der Waals surface area contributed by atoms with Crippen molar-refractivity contribution in [1.82, 2.24) is 29.5 Å². The molecule has 3 atom stereocenters. The van der Waals surface area contributed by atoms with E-state index in [-0.39, 0.29) is 40.8 Å². The number of nitro groups is 1. The number of fused-ring (bicyclic) bond motifs is 3. The third-order valence-corrected chi connectivity index (χ3v) is 20.6. The number of aromatic amines is 1. The van der Waals surface area contributed by atoms with Crippen molar-refractivity contribution in [2.45, 2.75) is 145 Å². The molecular weight excluding hydrogens is 1100 g/mol.